The molecule has 0 spiro atoms. The van der Waals surface area contributed by atoms with E-state index in [0.29, 0.717) is 23.7 Å². The number of pyridine rings is 1. The molecule has 0 amide bonds. The first-order valence-electron chi connectivity index (χ1n) is 27.3. The number of hydrogen-bond donors (Lipinski definition) is 0. The maximum atomic E-state index is 15.4. The molecule has 0 fully saturated rings. The Labute approximate surface area is 453 Å². The summed E-state index contributed by atoms with van der Waals surface area (Å²) >= 11 is 0. The molecule has 1 aliphatic heterocycles. The van der Waals surface area contributed by atoms with Gasteiger partial charge >= 0.3 is 0 Å². The zero-order chi connectivity index (χ0) is 54.0. The number of hydrogen-bond acceptors (Lipinski definition) is 4. The lowest BCUT2D eigenvalue weighted by Crippen LogP contribution is -2.25. The molecule has 0 N–H and O–H groups in total. The molecular formula is C70H68F2N4O. The minimum Gasteiger partial charge on any atom is -0.457 e. The van der Waals surface area contributed by atoms with Gasteiger partial charge in [-0.2, -0.15) is 0 Å². The van der Waals surface area contributed by atoms with E-state index in [0.717, 1.165) is 78.7 Å². The molecule has 0 radical (unpaired) electrons. The Morgan fingerprint density at radius 1 is 0.494 bits per heavy atom. The molecule has 388 valence electrons. The molecule has 0 unspecified atom stereocenters. The van der Waals surface area contributed by atoms with Crippen LogP contribution in [0.3, 0.4) is 0 Å². The summed E-state index contributed by atoms with van der Waals surface area (Å²) in [4.78, 5) is 9.63. The molecule has 0 aliphatic carbocycles. The first-order chi connectivity index (χ1) is 36.9. The summed E-state index contributed by atoms with van der Waals surface area (Å²) in [7, 11) is 0. The third-order valence-corrected chi connectivity index (χ3v) is 15.4. The van der Waals surface area contributed by atoms with E-state index in [1.807, 2.05) is 18.3 Å². The topological polar surface area (TPSA) is 33.5 Å². The lowest BCUT2D eigenvalue weighted by atomic mass is 9.85. The summed E-state index contributed by atoms with van der Waals surface area (Å²) < 4.78 is 40.2. The Kier molecular flexibility index (Phi) is 13.4. The van der Waals surface area contributed by atoms with Gasteiger partial charge in [-0.25, -0.2) is 13.8 Å². The van der Waals surface area contributed by atoms with E-state index in [-0.39, 0.29) is 29.1 Å². The summed E-state index contributed by atoms with van der Waals surface area (Å²) in [5.74, 6) is 2.08. The average molecular weight is 1020 g/mol. The quantitative estimate of drug-likeness (QED) is 0.122. The van der Waals surface area contributed by atoms with Gasteiger partial charge in [-0.3, -0.25) is 4.57 Å². The summed E-state index contributed by atoms with van der Waals surface area (Å²) in [5.41, 5.74) is 17.5. The van der Waals surface area contributed by atoms with Crippen LogP contribution < -0.4 is 14.5 Å². The Hall–Kier alpha value is -8.03. The minimum atomic E-state index is -0.623. The number of benzene rings is 8. The zero-order valence-electron chi connectivity index (χ0n) is 46.2. The van der Waals surface area contributed by atoms with Crippen LogP contribution in [0.2, 0.25) is 0 Å². The Morgan fingerprint density at radius 2 is 1.09 bits per heavy atom. The first kappa shape index (κ1) is 51.1. The number of nitrogens with zero attached hydrogens (tertiary/aromatic N) is 4. The van der Waals surface area contributed by atoms with Crippen molar-refractivity contribution in [3.8, 4) is 50.7 Å². The van der Waals surface area contributed by atoms with Crippen LogP contribution in [0, 0.1) is 11.6 Å². The third kappa shape index (κ3) is 9.66. The summed E-state index contributed by atoms with van der Waals surface area (Å²) in [5, 5.41) is 2.26. The minimum absolute atomic E-state index is 0.0622. The fourth-order valence-corrected chi connectivity index (χ4v) is 11.4. The van der Waals surface area contributed by atoms with Gasteiger partial charge in [0.2, 0.25) is 0 Å². The zero-order valence-corrected chi connectivity index (χ0v) is 46.2. The van der Waals surface area contributed by atoms with Crippen LogP contribution in [0.4, 0.5) is 31.5 Å². The Balaban J connectivity index is 1.11. The fourth-order valence-electron chi connectivity index (χ4n) is 11.4. The first-order valence-corrected chi connectivity index (χ1v) is 27.3. The van der Waals surface area contributed by atoms with Crippen LogP contribution in [0.5, 0.6) is 11.5 Å². The highest BCUT2D eigenvalue weighted by Crippen LogP contribution is 2.52. The largest absolute Gasteiger partial charge is 0.457 e. The number of rotatable bonds is 12. The van der Waals surface area contributed by atoms with E-state index < -0.39 is 11.6 Å². The second-order valence-corrected chi connectivity index (χ2v) is 23.2. The van der Waals surface area contributed by atoms with Crippen molar-refractivity contribution in [2.45, 2.75) is 105 Å². The van der Waals surface area contributed by atoms with Crippen LogP contribution in [0.15, 0.2) is 176 Å². The van der Waals surface area contributed by atoms with Crippen LogP contribution in [-0.4, -0.2) is 16.2 Å². The monoisotopic (exact) mass is 1020 g/mol. The molecule has 5 nitrogen and oxygen atoms in total. The molecule has 0 saturated carbocycles. The van der Waals surface area contributed by atoms with Gasteiger partial charge in [0.05, 0.1) is 28.1 Å². The van der Waals surface area contributed by atoms with Gasteiger partial charge in [0.1, 0.15) is 35.6 Å². The highest BCUT2D eigenvalue weighted by atomic mass is 19.1. The highest BCUT2D eigenvalue weighted by Gasteiger charge is 2.33. The van der Waals surface area contributed by atoms with Crippen LogP contribution in [0.25, 0.3) is 61.0 Å². The van der Waals surface area contributed by atoms with Gasteiger partial charge in [0.25, 0.3) is 0 Å². The fraction of sp³-hybridized carbons (Fsp3) is 0.243. The number of halogens is 2. The van der Waals surface area contributed by atoms with Crippen molar-refractivity contribution in [2.75, 3.05) is 16.5 Å². The normalized spacial score (nSPS) is 12.8. The molecule has 11 rings (SSSR count). The molecule has 1 aliphatic rings. The Bertz CT molecular complexity index is 3800. The number of aromatic nitrogens is 2. The standard InChI is InChI=1S/C70H68F2N4O/c1-42(2)46-30-47(43(3)4)32-48(31-46)59-21-17-22-60(49-33-52(71)38-53(72)34-49)69(59)75-41-74(64-24-14-15-25-65(64)75)54-35-50(68-57(44(5)6)19-16-20-58(68)45(7)8)36-56(39-54)77-55-26-27-62-61-18-12-13-23-63(61)76(66(62)40-55)67-37-51(28-29-73-67)70(9,10)11/h12-40,42-45H,41H2,1-11H3. The Morgan fingerprint density at radius 3 is 1.73 bits per heavy atom. The highest BCUT2D eigenvalue weighted by molar-refractivity contribution is 6.09. The van der Waals surface area contributed by atoms with Gasteiger partial charge in [0, 0.05) is 52.0 Å². The van der Waals surface area contributed by atoms with Crippen molar-refractivity contribution in [2.24, 2.45) is 0 Å². The lowest BCUT2D eigenvalue weighted by molar-refractivity contribution is 0.483. The van der Waals surface area contributed by atoms with E-state index in [1.165, 1.54) is 45.5 Å². The molecule has 8 aromatic carbocycles. The van der Waals surface area contributed by atoms with E-state index >= 15 is 8.78 Å². The van der Waals surface area contributed by atoms with E-state index in [9.17, 15) is 0 Å². The number of ether oxygens (including phenoxy) is 1. The van der Waals surface area contributed by atoms with Crippen molar-refractivity contribution in [3.63, 3.8) is 0 Å². The molecule has 7 heteroatoms. The van der Waals surface area contributed by atoms with Gasteiger partial charge in [-0.15, -0.1) is 0 Å². The van der Waals surface area contributed by atoms with Crippen LogP contribution >= 0.6 is 0 Å². The maximum absolute atomic E-state index is 15.4. The number of anilines is 4. The van der Waals surface area contributed by atoms with Gasteiger partial charge in [0.15, 0.2) is 0 Å². The second-order valence-electron chi connectivity index (χ2n) is 23.2. The second kappa shape index (κ2) is 20.2. The smallest absolute Gasteiger partial charge is 0.137 e. The average Bonchev–Trinajstić information content (AvgIpc) is 3.95. The summed E-state index contributed by atoms with van der Waals surface area (Å²) in [6.07, 6.45) is 1.91. The summed E-state index contributed by atoms with van der Waals surface area (Å²) in [6, 6.07) is 57.9. The van der Waals surface area contributed by atoms with Crippen LogP contribution in [0.1, 0.15) is 128 Å². The summed E-state index contributed by atoms with van der Waals surface area (Å²) in [6.45, 7) is 25.1. The SMILES string of the molecule is CC(C)c1cc(-c2cccc(-c3cc(F)cc(F)c3)c2N2CN(c3cc(Oc4ccc5c6ccccc6n(-c6cc(C(C)(C)C)ccn6)c5c4)cc(-c4c(C(C)C)cccc4C(C)C)c3)c3ccccc32)cc(C(C)C)c1. The third-order valence-electron chi connectivity index (χ3n) is 15.4. The molecule has 77 heavy (non-hydrogen) atoms. The number of para-hydroxylation sites is 4. The van der Waals surface area contributed by atoms with Crippen molar-refractivity contribution in [3.05, 3.63) is 216 Å². The molecule has 0 atom stereocenters. The van der Waals surface area contributed by atoms with E-state index in [1.54, 1.807) is 0 Å². The van der Waals surface area contributed by atoms with Crippen molar-refractivity contribution >= 4 is 44.6 Å². The van der Waals surface area contributed by atoms with Crippen LogP contribution in [-0.2, 0) is 5.41 Å². The lowest BCUT2D eigenvalue weighted by Gasteiger charge is -2.28. The molecule has 2 aromatic heterocycles. The van der Waals surface area contributed by atoms with Crippen molar-refractivity contribution in [1.29, 1.82) is 0 Å². The predicted molar refractivity (Wildman–Crippen MR) is 318 cm³/mol. The van der Waals surface area contributed by atoms with Crippen molar-refractivity contribution in [1.82, 2.24) is 9.55 Å². The van der Waals surface area contributed by atoms with E-state index in [4.69, 9.17) is 9.72 Å². The molecule has 10 aromatic rings. The molecule has 3 heterocycles. The molecular weight excluding hydrogens is 951 g/mol. The van der Waals surface area contributed by atoms with Gasteiger partial charge in [-0.1, -0.05) is 161 Å². The van der Waals surface area contributed by atoms with E-state index in [2.05, 4.69) is 230 Å². The predicted octanol–water partition coefficient (Wildman–Crippen LogP) is 20.3. The van der Waals surface area contributed by atoms with Crippen molar-refractivity contribution < 1.29 is 13.5 Å². The maximum Gasteiger partial charge on any atom is 0.137 e. The van der Waals surface area contributed by atoms with Gasteiger partial charge in [-0.05, 0) is 146 Å². The molecule has 0 saturated heterocycles. The van der Waals surface area contributed by atoms with Gasteiger partial charge < -0.3 is 14.5 Å². The molecule has 0 bridgehead atoms. The number of fused-ring (bicyclic) bond motifs is 4.